The summed E-state index contributed by atoms with van der Waals surface area (Å²) in [6, 6.07) is 12.7. The number of carbonyl (C=O) groups is 1. The second-order valence-electron chi connectivity index (χ2n) is 4.86. The Bertz CT molecular complexity index is 638. The fraction of sp³-hybridized carbons (Fsp3) is 0.235. The van der Waals surface area contributed by atoms with Gasteiger partial charge in [-0.05, 0) is 48.7 Å². The van der Waals surface area contributed by atoms with Crippen LogP contribution in [0.15, 0.2) is 42.5 Å². The first-order chi connectivity index (χ1) is 10.1. The predicted octanol–water partition coefficient (Wildman–Crippen LogP) is 3.28. The lowest BCUT2D eigenvalue weighted by Gasteiger charge is -2.10. The van der Waals surface area contributed by atoms with Crippen LogP contribution in [0.5, 0.6) is 11.5 Å². The molecule has 2 rings (SSSR count). The van der Waals surface area contributed by atoms with Gasteiger partial charge < -0.3 is 15.2 Å². The van der Waals surface area contributed by atoms with Gasteiger partial charge in [-0.2, -0.15) is 0 Å². The van der Waals surface area contributed by atoms with E-state index in [1.165, 1.54) is 0 Å². The molecule has 4 heteroatoms. The SMILES string of the molecule is CCc1cccc(OCC(=O)Nc2cc(C)ccc2O)c1. The lowest BCUT2D eigenvalue weighted by molar-refractivity contribution is -0.118. The van der Waals surface area contributed by atoms with Gasteiger partial charge in [-0.25, -0.2) is 0 Å². The first-order valence-corrected chi connectivity index (χ1v) is 6.89. The van der Waals surface area contributed by atoms with Crippen LogP contribution in [0.4, 0.5) is 5.69 Å². The molecular weight excluding hydrogens is 266 g/mol. The highest BCUT2D eigenvalue weighted by atomic mass is 16.5. The van der Waals surface area contributed by atoms with E-state index in [1.54, 1.807) is 18.2 Å². The summed E-state index contributed by atoms with van der Waals surface area (Å²) in [6.45, 7) is 3.86. The number of ether oxygens (including phenoxy) is 1. The highest BCUT2D eigenvalue weighted by molar-refractivity contribution is 5.93. The van der Waals surface area contributed by atoms with Crippen molar-refractivity contribution in [3.63, 3.8) is 0 Å². The third-order valence-electron chi connectivity index (χ3n) is 3.10. The molecule has 0 unspecified atom stereocenters. The van der Waals surface area contributed by atoms with Gasteiger partial charge in [-0.15, -0.1) is 0 Å². The number of phenols is 1. The number of hydrogen-bond acceptors (Lipinski definition) is 3. The van der Waals surface area contributed by atoms with Crippen LogP contribution in [0, 0.1) is 6.92 Å². The molecule has 0 aromatic heterocycles. The third kappa shape index (κ3) is 4.24. The average Bonchev–Trinajstić information content (AvgIpc) is 2.49. The fourth-order valence-electron chi connectivity index (χ4n) is 1.94. The van der Waals surface area contributed by atoms with Crippen molar-refractivity contribution in [2.75, 3.05) is 11.9 Å². The third-order valence-corrected chi connectivity index (χ3v) is 3.10. The summed E-state index contributed by atoms with van der Waals surface area (Å²) in [6.07, 6.45) is 0.917. The van der Waals surface area contributed by atoms with Crippen LogP contribution in [0.1, 0.15) is 18.1 Å². The van der Waals surface area contributed by atoms with E-state index < -0.39 is 0 Å². The van der Waals surface area contributed by atoms with Gasteiger partial charge in [0, 0.05) is 0 Å². The van der Waals surface area contributed by atoms with Gasteiger partial charge >= 0.3 is 0 Å². The molecular formula is C17H19NO3. The van der Waals surface area contributed by atoms with Crippen molar-refractivity contribution >= 4 is 11.6 Å². The van der Waals surface area contributed by atoms with Gasteiger partial charge in [0.05, 0.1) is 5.69 Å². The molecule has 0 spiro atoms. The molecule has 0 aliphatic rings. The zero-order chi connectivity index (χ0) is 15.2. The number of phenolic OH excluding ortho intramolecular Hbond substituents is 1. The van der Waals surface area contributed by atoms with E-state index in [2.05, 4.69) is 12.2 Å². The molecule has 0 heterocycles. The standard InChI is InChI=1S/C17H19NO3/c1-3-13-5-4-6-14(10-13)21-11-17(20)18-15-9-12(2)7-8-16(15)19/h4-10,19H,3,11H2,1-2H3,(H,18,20). The fourth-order valence-corrected chi connectivity index (χ4v) is 1.94. The zero-order valence-corrected chi connectivity index (χ0v) is 12.2. The van der Waals surface area contributed by atoms with Crippen LogP contribution >= 0.6 is 0 Å². The van der Waals surface area contributed by atoms with E-state index in [0.717, 1.165) is 17.5 Å². The molecule has 0 atom stereocenters. The molecule has 110 valence electrons. The summed E-state index contributed by atoms with van der Waals surface area (Å²) in [4.78, 5) is 11.9. The topological polar surface area (TPSA) is 58.6 Å². The largest absolute Gasteiger partial charge is 0.506 e. The smallest absolute Gasteiger partial charge is 0.262 e. The van der Waals surface area contributed by atoms with E-state index in [4.69, 9.17) is 4.74 Å². The van der Waals surface area contributed by atoms with E-state index in [1.807, 2.05) is 31.2 Å². The molecule has 0 saturated heterocycles. The van der Waals surface area contributed by atoms with Crippen LogP contribution in [0.2, 0.25) is 0 Å². The van der Waals surface area contributed by atoms with E-state index >= 15 is 0 Å². The molecule has 0 fully saturated rings. The second kappa shape index (κ2) is 6.79. The van der Waals surface area contributed by atoms with Gasteiger partial charge in [0.1, 0.15) is 11.5 Å². The van der Waals surface area contributed by atoms with E-state index in [-0.39, 0.29) is 18.3 Å². The molecule has 2 N–H and O–H groups in total. The second-order valence-corrected chi connectivity index (χ2v) is 4.86. The van der Waals surface area contributed by atoms with Crippen LogP contribution in [-0.2, 0) is 11.2 Å². The first-order valence-electron chi connectivity index (χ1n) is 6.89. The number of rotatable bonds is 5. The van der Waals surface area contributed by atoms with Crippen molar-refractivity contribution in [3.8, 4) is 11.5 Å². The zero-order valence-electron chi connectivity index (χ0n) is 12.2. The highest BCUT2D eigenvalue weighted by Crippen LogP contribution is 2.23. The summed E-state index contributed by atoms with van der Waals surface area (Å²) in [5, 5.41) is 12.3. The minimum atomic E-state index is -0.308. The summed E-state index contributed by atoms with van der Waals surface area (Å²) < 4.78 is 5.46. The van der Waals surface area contributed by atoms with Gasteiger partial charge in [0.15, 0.2) is 6.61 Å². The van der Waals surface area contributed by atoms with Crippen LogP contribution in [-0.4, -0.2) is 17.6 Å². The van der Waals surface area contributed by atoms with Crippen LogP contribution < -0.4 is 10.1 Å². The van der Waals surface area contributed by atoms with Crippen molar-refractivity contribution in [1.29, 1.82) is 0 Å². The van der Waals surface area contributed by atoms with Gasteiger partial charge in [-0.3, -0.25) is 4.79 Å². The highest BCUT2D eigenvalue weighted by Gasteiger charge is 2.07. The molecule has 1 amide bonds. The number of anilines is 1. The normalized spacial score (nSPS) is 10.2. The molecule has 2 aromatic carbocycles. The van der Waals surface area contributed by atoms with Crippen molar-refractivity contribution in [2.45, 2.75) is 20.3 Å². The monoisotopic (exact) mass is 285 g/mol. The average molecular weight is 285 g/mol. The van der Waals surface area contributed by atoms with Crippen molar-refractivity contribution < 1.29 is 14.6 Å². The molecule has 0 aliphatic carbocycles. The van der Waals surface area contributed by atoms with Crippen molar-refractivity contribution in [3.05, 3.63) is 53.6 Å². The molecule has 2 aromatic rings. The lowest BCUT2D eigenvalue weighted by atomic mass is 10.2. The summed E-state index contributed by atoms with van der Waals surface area (Å²) in [7, 11) is 0. The number of benzene rings is 2. The quantitative estimate of drug-likeness (QED) is 0.829. The number of aromatic hydroxyl groups is 1. The Hall–Kier alpha value is -2.49. The van der Waals surface area contributed by atoms with Crippen molar-refractivity contribution in [2.24, 2.45) is 0 Å². The van der Waals surface area contributed by atoms with Crippen LogP contribution in [0.25, 0.3) is 0 Å². The Morgan fingerprint density at radius 3 is 2.81 bits per heavy atom. The summed E-state index contributed by atoms with van der Waals surface area (Å²) >= 11 is 0. The number of nitrogens with one attached hydrogen (secondary N) is 1. The van der Waals surface area contributed by atoms with Crippen LogP contribution in [0.3, 0.4) is 0 Å². The van der Waals surface area contributed by atoms with Gasteiger partial charge in [-0.1, -0.05) is 25.1 Å². The van der Waals surface area contributed by atoms with E-state index in [0.29, 0.717) is 11.4 Å². The Labute approximate surface area is 124 Å². The summed E-state index contributed by atoms with van der Waals surface area (Å²) in [5.41, 5.74) is 2.51. The van der Waals surface area contributed by atoms with Gasteiger partial charge in [0.25, 0.3) is 5.91 Å². The maximum atomic E-state index is 11.9. The Balaban J connectivity index is 1.94. The molecule has 4 nitrogen and oxygen atoms in total. The summed E-state index contributed by atoms with van der Waals surface area (Å²) in [5.74, 6) is 0.401. The Morgan fingerprint density at radius 2 is 2.05 bits per heavy atom. The maximum Gasteiger partial charge on any atom is 0.262 e. The molecule has 0 aliphatic heterocycles. The van der Waals surface area contributed by atoms with Crippen molar-refractivity contribution in [1.82, 2.24) is 0 Å². The molecule has 0 bridgehead atoms. The predicted molar refractivity (Wildman–Crippen MR) is 82.8 cm³/mol. The Kier molecular flexibility index (Phi) is 4.82. The minimum absolute atomic E-state index is 0.0435. The number of carbonyl (C=O) groups excluding carboxylic acids is 1. The Morgan fingerprint density at radius 1 is 1.24 bits per heavy atom. The molecule has 0 radical (unpaired) electrons. The molecule has 0 saturated carbocycles. The van der Waals surface area contributed by atoms with Gasteiger partial charge in [0.2, 0.25) is 0 Å². The minimum Gasteiger partial charge on any atom is -0.506 e. The maximum absolute atomic E-state index is 11.9. The van der Waals surface area contributed by atoms with E-state index in [9.17, 15) is 9.90 Å². The first kappa shape index (κ1) is 14.9. The number of aryl methyl sites for hydroxylation is 2. The number of hydrogen-bond donors (Lipinski definition) is 2. The molecule has 21 heavy (non-hydrogen) atoms. The number of amides is 1. The lowest BCUT2D eigenvalue weighted by Crippen LogP contribution is -2.20.